The van der Waals surface area contributed by atoms with Crippen molar-refractivity contribution in [3.8, 4) is 28.3 Å². The second-order valence-corrected chi connectivity index (χ2v) is 5.11. The third kappa shape index (κ3) is 2.49. The maximum atomic E-state index is 14.1. The Morgan fingerprint density at radius 1 is 1.16 bits per heavy atom. The number of nitrogens with one attached hydrogen (secondary N) is 1. The Morgan fingerprint density at radius 2 is 2.04 bits per heavy atom. The van der Waals surface area contributed by atoms with Gasteiger partial charge in [0.25, 0.3) is 0 Å². The number of nitrogens with zero attached hydrogens (tertiary/aromatic N) is 6. The number of halogens is 2. The number of aromatic nitrogens is 7. The highest BCUT2D eigenvalue weighted by molar-refractivity contribution is 5.75. The number of hydrogen-bond donors (Lipinski definition) is 2. The molecule has 1 aromatic carbocycles. The molecule has 0 saturated carbocycles. The summed E-state index contributed by atoms with van der Waals surface area (Å²) < 4.78 is 28.7. The highest BCUT2D eigenvalue weighted by Crippen LogP contribution is 2.29. The van der Waals surface area contributed by atoms with Crippen molar-refractivity contribution in [1.29, 1.82) is 0 Å². The molecule has 4 aromatic rings. The normalized spacial score (nSPS) is 11.0. The molecule has 3 aromatic heterocycles. The van der Waals surface area contributed by atoms with Crippen LogP contribution in [0.4, 0.5) is 14.6 Å². The summed E-state index contributed by atoms with van der Waals surface area (Å²) in [5, 5.41) is 17.9. The van der Waals surface area contributed by atoms with Crippen LogP contribution in [-0.4, -0.2) is 35.4 Å². The highest BCUT2D eigenvalue weighted by Gasteiger charge is 2.19. The quantitative estimate of drug-likeness (QED) is 0.590. The Morgan fingerprint density at radius 3 is 2.84 bits per heavy atom. The van der Waals surface area contributed by atoms with Gasteiger partial charge in [-0.25, -0.2) is 13.8 Å². The molecule has 0 aliphatic heterocycles. The van der Waals surface area contributed by atoms with Crippen molar-refractivity contribution in [1.82, 2.24) is 35.4 Å². The summed E-state index contributed by atoms with van der Waals surface area (Å²) in [7, 11) is 0. The average Bonchev–Trinajstić information content (AvgIpc) is 3.29. The molecule has 124 valence electrons. The number of aromatic amines is 1. The summed E-state index contributed by atoms with van der Waals surface area (Å²) in [6, 6.07) is 7.18. The first-order chi connectivity index (χ1) is 12.1. The minimum atomic E-state index is -1.06. The maximum Gasteiger partial charge on any atom is 0.190 e. The number of nitrogens with two attached hydrogens (primary N) is 1. The Labute approximate surface area is 139 Å². The molecule has 8 nitrogen and oxygen atoms in total. The van der Waals surface area contributed by atoms with E-state index in [9.17, 15) is 8.78 Å². The van der Waals surface area contributed by atoms with Gasteiger partial charge in [0.05, 0.1) is 11.3 Å². The van der Waals surface area contributed by atoms with E-state index in [1.807, 2.05) is 0 Å². The molecule has 3 N–H and O–H groups in total. The van der Waals surface area contributed by atoms with E-state index in [-0.39, 0.29) is 17.3 Å². The first-order valence-electron chi connectivity index (χ1n) is 7.13. The average molecular weight is 340 g/mol. The van der Waals surface area contributed by atoms with Gasteiger partial charge in [-0.1, -0.05) is 6.07 Å². The molecule has 0 unspecified atom stereocenters. The van der Waals surface area contributed by atoms with Crippen LogP contribution in [0, 0.1) is 11.6 Å². The third-order valence-corrected chi connectivity index (χ3v) is 3.60. The van der Waals surface area contributed by atoms with Crippen molar-refractivity contribution in [2.75, 3.05) is 5.73 Å². The Bertz CT molecular complexity index is 1040. The molecule has 0 fully saturated rings. The first-order valence-corrected chi connectivity index (χ1v) is 7.13. The van der Waals surface area contributed by atoms with Gasteiger partial charge >= 0.3 is 0 Å². The van der Waals surface area contributed by atoms with Crippen LogP contribution in [0.1, 0.15) is 0 Å². The maximum absolute atomic E-state index is 14.1. The number of rotatable bonds is 3. The Hall–Kier alpha value is -3.69. The van der Waals surface area contributed by atoms with Gasteiger partial charge < -0.3 is 5.73 Å². The summed E-state index contributed by atoms with van der Waals surface area (Å²) in [5.41, 5.74) is 7.58. The van der Waals surface area contributed by atoms with Crippen LogP contribution in [0.5, 0.6) is 0 Å². The third-order valence-electron chi connectivity index (χ3n) is 3.60. The van der Waals surface area contributed by atoms with Gasteiger partial charge in [0.15, 0.2) is 17.5 Å². The smallest absolute Gasteiger partial charge is 0.190 e. The lowest BCUT2D eigenvalue weighted by atomic mass is 10.1. The SMILES string of the molecule is Nc1ncc(-c2ccn[nH]2)cc1-c1nnnn1-c1cccc(F)c1F. The van der Waals surface area contributed by atoms with E-state index in [1.54, 1.807) is 24.5 Å². The minimum Gasteiger partial charge on any atom is -0.383 e. The first kappa shape index (κ1) is 14.9. The lowest BCUT2D eigenvalue weighted by Gasteiger charge is -2.09. The van der Waals surface area contributed by atoms with Gasteiger partial charge in [0.2, 0.25) is 0 Å². The summed E-state index contributed by atoms with van der Waals surface area (Å²) in [6.45, 7) is 0. The molecule has 0 saturated heterocycles. The number of H-pyrrole nitrogens is 1. The van der Waals surface area contributed by atoms with Crippen LogP contribution in [0.2, 0.25) is 0 Å². The van der Waals surface area contributed by atoms with E-state index in [1.165, 1.54) is 12.1 Å². The second-order valence-electron chi connectivity index (χ2n) is 5.11. The van der Waals surface area contributed by atoms with Gasteiger partial charge in [-0.15, -0.1) is 5.10 Å². The van der Waals surface area contributed by atoms with Crippen LogP contribution in [-0.2, 0) is 0 Å². The molecular weight excluding hydrogens is 330 g/mol. The number of pyridine rings is 1. The van der Waals surface area contributed by atoms with Gasteiger partial charge in [0.1, 0.15) is 11.5 Å². The number of benzene rings is 1. The summed E-state index contributed by atoms with van der Waals surface area (Å²) in [6.07, 6.45) is 3.15. The Balaban J connectivity index is 1.89. The van der Waals surface area contributed by atoms with E-state index in [0.29, 0.717) is 16.8 Å². The van der Waals surface area contributed by atoms with E-state index in [0.717, 1.165) is 10.7 Å². The van der Waals surface area contributed by atoms with E-state index in [2.05, 4.69) is 30.7 Å². The summed E-state index contributed by atoms with van der Waals surface area (Å²) in [4.78, 5) is 4.12. The molecule has 0 atom stereocenters. The molecule has 0 spiro atoms. The lowest BCUT2D eigenvalue weighted by Crippen LogP contribution is -2.06. The van der Waals surface area contributed by atoms with Gasteiger partial charge in [-0.05, 0) is 34.7 Å². The van der Waals surface area contributed by atoms with Crippen molar-refractivity contribution in [3.63, 3.8) is 0 Å². The number of hydrogen-bond acceptors (Lipinski definition) is 6. The van der Waals surface area contributed by atoms with E-state index < -0.39 is 11.6 Å². The molecule has 0 aliphatic rings. The molecule has 0 aliphatic carbocycles. The van der Waals surface area contributed by atoms with Gasteiger partial charge in [-0.3, -0.25) is 5.10 Å². The van der Waals surface area contributed by atoms with Crippen molar-refractivity contribution in [2.24, 2.45) is 0 Å². The molecule has 3 heterocycles. The summed E-state index contributed by atoms with van der Waals surface area (Å²) in [5.74, 6) is -1.78. The van der Waals surface area contributed by atoms with Gasteiger partial charge in [-0.2, -0.15) is 9.78 Å². The molecule has 0 amide bonds. The van der Waals surface area contributed by atoms with E-state index in [4.69, 9.17) is 5.73 Å². The predicted octanol–water partition coefficient (Wildman–Crippen LogP) is 1.97. The fraction of sp³-hybridized carbons (Fsp3) is 0. The topological polar surface area (TPSA) is 111 Å². The fourth-order valence-corrected chi connectivity index (χ4v) is 2.39. The molecular formula is C15H10F2N8. The fourth-order valence-electron chi connectivity index (χ4n) is 2.39. The zero-order valence-electron chi connectivity index (χ0n) is 12.6. The lowest BCUT2D eigenvalue weighted by molar-refractivity contribution is 0.501. The monoisotopic (exact) mass is 340 g/mol. The Kier molecular flexibility index (Phi) is 3.42. The second kappa shape index (κ2) is 5.74. The molecule has 0 bridgehead atoms. The number of anilines is 1. The van der Waals surface area contributed by atoms with Gasteiger partial charge in [0, 0.05) is 18.0 Å². The zero-order chi connectivity index (χ0) is 17.4. The minimum absolute atomic E-state index is 0.133. The van der Waals surface area contributed by atoms with Crippen molar-refractivity contribution < 1.29 is 8.78 Å². The number of nitrogen functional groups attached to an aromatic ring is 1. The number of tetrazole rings is 1. The van der Waals surface area contributed by atoms with Crippen molar-refractivity contribution in [2.45, 2.75) is 0 Å². The van der Waals surface area contributed by atoms with Crippen molar-refractivity contribution >= 4 is 5.82 Å². The van der Waals surface area contributed by atoms with Crippen LogP contribution >= 0.6 is 0 Å². The molecule has 10 heteroatoms. The van der Waals surface area contributed by atoms with E-state index >= 15 is 0 Å². The van der Waals surface area contributed by atoms with Crippen LogP contribution in [0.25, 0.3) is 28.3 Å². The zero-order valence-corrected chi connectivity index (χ0v) is 12.6. The molecule has 4 rings (SSSR count). The van der Waals surface area contributed by atoms with Crippen LogP contribution in [0.15, 0.2) is 42.7 Å². The molecule has 0 radical (unpaired) electrons. The van der Waals surface area contributed by atoms with Crippen molar-refractivity contribution in [3.05, 3.63) is 54.4 Å². The highest BCUT2D eigenvalue weighted by atomic mass is 19.2. The van der Waals surface area contributed by atoms with Crippen LogP contribution < -0.4 is 5.73 Å². The molecule has 25 heavy (non-hydrogen) atoms. The largest absolute Gasteiger partial charge is 0.383 e. The standard InChI is InChI=1S/C15H10F2N8/c16-10-2-1-3-12(13(10)17)25-15(22-23-24-25)9-6-8(7-19-14(9)18)11-4-5-20-21-11/h1-7H,(H2,18,19)(H,20,21). The van der Waals surface area contributed by atoms with Crippen LogP contribution in [0.3, 0.4) is 0 Å². The summed E-state index contributed by atoms with van der Waals surface area (Å²) >= 11 is 0. The predicted molar refractivity (Wildman–Crippen MR) is 84.3 cm³/mol.